The quantitative estimate of drug-likeness (QED) is 0.887. The Morgan fingerprint density at radius 1 is 1.29 bits per heavy atom. The van der Waals surface area contributed by atoms with Crippen molar-refractivity contribution in [1.82, 2.24) is 4.98 Å². The van der Waals surface area contributed by atoms with E-state index in [-0.39, 0.29) is 12.7 Å². The van der Waals surface area contributed by atoms with Crippen molar-refractivity contribution >= 4 is 11.6 Å². The second kappa shape index (κ2) is 7.63. The number of aliphatic hydroxyl groups excluding tert-OH is 1. The van der Waals surface area contributed by atoms with Crippen LogP contribution in [0.5, 0.6) is 5.75 Å². The average Bonchev–Trinajstić information content (AvgIpc) is 2.52. The molecule has 0 fully saturated rings. The van der Waals surface area contributed by atoms with E-state index in [2.05, 4.69) is 11.1 Å². The monoisotopic (exact) mass is 302 g/mol. The molecule has 2 rings (SSSR count). The minimum absolute atomic E-state index is 0.0889. The molecule has 21 heavy (non-hydrogen) atoms. The van der Waals surface area contributed by atoms with Crippen molar-refractivity contribution in [3.63, 3.8) is 0 Å². The Morgan fingerprint density at radius 2 is 2.05 bits per heavy atom. The third kappa shape index (κ3) is 4.19. The van der Waals surface area contributed by atoms with E-state index in [1.807, 2.05) is 12.1 Å². The van der Waals surface area contributed by atoms with Crippen LogP contribution in [0.3, 0.4) is 0 Å². The third-order valence-corrected chi connectivity index (χ3v) is 3.27. The zero-order valence-electron chi connectivity index (χ0n) is 11.4. The van der Waals surface area contributed by atoms with E-state index in [1.54, 1.807) is 30.6 Å². The van der Waals surface area contributed by atoms with Gasteiger partial charge in [-0.25, -0.2) is 0 Å². The Balaban J connectivity index is 2.27. The normalized spacial score (nSPS) is 11.7. The number of pyridine rings is 1. The Hall–Kier alpha value is -2.09. The summed E-state index contributed by atoms with van der Waals surface area (Å²) in [6.07, 6.45) is 4.36. The summed E-state index contributed by atoms with van der Waals surface area (Å²) in [5.74, 6) is 0.449. The van der Waals surface area contributed by atoms with E-state index >= 15 is 0 Å². The highest BCUT2D eigenvalue weighted by molar-refractivity contribution is 6.30. The number of nitrogens with zero attached hydrogens (tertiary/aromatic N) is 2. The molecule has 1 aromatic carbocycles. The predicted molar refractivity (Wildman–Crippen MR) is 80.1 cm³/mol. The molecule has 0 amide bonds. The van der Waals surface area contributed by atoms with Gasteiger partial charge in [0.25, 0.3) is 0 Å². The van der Waals surface area contributed by atoms with Crippen LogP contribution in [0, 0.1) is 11.3 Å². The maximum absolute atomic E-state index is 9.15. The van der Waals surface area contributed by atoms with Crippen LogP contribution in [0.25, 0.3) is 0 Å². The van der Waals surface area contributed by atoms with Crippen LogP contribution in [-0.2, 0) is 0 Å². The standard InChI is InChI=1S/C16H15ClN2O2/c17-14-4-3-13(11-18)16(10-14)21-15(2-1-9-20)12-5-7-19-8-6-12/h3-8,10,15,20H,1-2,9H2. The first-order valence-corrected chi connectivity index (χ1v) is 6.99. The zero-order chi connectivity index (χ0) is 15.1. The van der Waals surface area contributed by atoms with Gasteiger partial charge < -0.3 is 9.84 Å². The van der Waals surface area contributed by atoms with Crippen molar-refractivity contribution in [3.05, 3.63) is 58.9 Å². The SMILES string of the molecule is N#Cc1ccc(Cl)cc1OC(CCCO)c1ccncc1. The number of aliphatic hydroxyl groups is 1. The zero-order valence-corrected chi connectivity index (χ0v) is 12.1. The Morgan fingerprint density at radius 3 is 2.71 bits per heavy atom. The highest BCUT2D eigenvalue weighted by Gasteiger charge is 2.15. The first kappa shape index (κ1) is 15.3. The Bertz CT molecular complexity index is 626. The lowest BCUT2D eigenvalue weighted by Gasteiger charge is -2.20. The summed E-state index contributed by atoms with van der Waals surface area (Å²) in [5.41, 5.74) is 1.38. The molecule has 1 unspecified atom stereocenters. The van der Waals surface area contributed by atoms with Crippen molar-refractivity contribution in [1.29, 1.82) is 5.26 Å². The summed E-state index contributed by atoms with van der Waals surface area (Å²) in [5, 5.41) is 18.7. The van der Waals surface area contributed by atoms with Crippen LogP contribution in [-0.4, -0.2) is 16.7 Å². The summed E-state index contributed by atoms with van der Waals surface area (Å²) < 4.78 is 5.96. The van der Waals surface area contributed by atoms with E-state index in [9.17, 15) is 0 Å². The number of halogens is 1. The summed E-state index contributed by atoms with van der Waals surface area (Å²) in [6, 6.07) is 10.7. The van der Waals surface area contributed by atoms with Crippen LogP contribution in [0.15, 0.2) is 42.7 Å². The van der Waals surface area contributed by atoms with Crippen molar-refractivity contribution < 1.29 is 9.84 Å². The summed E-state index contributed by atoms with van der Waals surface area (Å²) in [7, 11) is 0. The number of hydrogen-bond donors (Lipinski definition) is 1. The highest BCUT2D eigenvalue weighted by Crippen LogP contribution is 2.30. The van der Waals surface area contributed by atoms with Crippen LogP contribution in [0.2, 0.25) is 5.02 Å². The number of rotatable bonds is 6. The number of ether oxygens (including phenoxy) is 1. The number of aromatic nitrogens is 1. The smallest absolute Gasteiger partial charge is 0.139 e. The molecule has 0 radical (unpaired) electrons. The van der Waals surface area contributed by atoms with Gasteiger partial charge in [0.1, 0.15) is 17.9 Å². The molecule has 1 N–H and O–H groups in total. The number of benzene rings is 1. The molecule has 1 atom stereocenters. The first-order chi connectivity index (χ1) is 10.2. The van der Waals surface area contributed by atoms with E-state index < -0.39 is 0 Å². The topological polar surface area (TPSA) is 66.1 Å². The molecule has 0 bridgehead atoms. The van der Waals surface area contributed by atoms with E-state index in [0.29, 0.717) is 29.2 Å². The first-order valence-electron chi connectivity index (χ1n) is 6.61. The molecule has 108 valence electrons. The van der Waals surface area contributed by atoms with E-state index in [0.717, 1.165) is 5.56 Å². The largest absolute Gasteiger partial charge is 0.484 e. The average molecular weight is 303 g/mol. The summed E-state index contributed by atoms with van der Waals surface area (Å²) in [4.78, 5) is 3.98. The Kier molecular flexibility index (Phi) is 5.56. The van der Waals surface area contributed by atoms with E-state index in [4.69, 9.17) is 26.7 Å². The summed E-state index contributed by atoms with van der Waals surface area (Å²) >= 11 is 5.97. The van der Waals surface area contributed by atoms with Crippen molar-refractivity contribution in [2.45, 2.75) is 18.9 Å². The van der Waals surface area contributed by atoms with Crippen molar-refractivity contribution in [2.24, 2.45) is 0 Å². The highest BCUT2D eigenvalue weighted by atomic mass is 35.5. The molecule has 1 aromatic heterocycles. The molecular formula is C16H15ClN2O2. The second-order valence-corrected chi connectivity index (χ2v) is 4.94. The molecule has 0 saturated heterocycles. The number of nitriles is 1. The fraction of sp³-hybridized carbons (Fsp3) is 0.250. The minimum Gasteiger partial charge on any atom is -0.484 e. The molecule has 5 heteroatoms. The molecule has 0 aliphatic carbocycles. The molecule has 4 nitrogen and oxygen atoms in total. The lowest BCUT2D eigenvalue weighted by atomic mass is 10.1. The Labute approximate surface area is 128 Å². The predicted octanol–water partition coefficient (Wildman–Crippen LogP) is 3.50. The van der Waals surface area contributed by atoms with Gasteiger partial charge in [0.2, 0.25) is 0 Å². The van der Waals surface area contributed by atoms with Gasteiger partial charge in [-0.3, -0.25) is 4.98 Å². The lowest BCUT2D eigenvalue weighted by Crippen LogP contribution is -2.09. The van der Waals surface area contributed by atoms with Crippen molar-refractivity contribution in [2.75, 3.05) is 6.61 Å². The summed E-state index contributed by atoms with van der Waals surface area (Å²) in [6.45, 7) is 0.0889. The maximum atomic E-state index is 9.15. The molecule has 0 saturated carbocycles. The molecule has 0 aliphatic rings. The fourth-order valence-electron chi connectivity index (χ4n) is 1.99. The molecular weight excluding hydrogens is 288 g/mol. The van der Waals surface area contributed by atoms with Crippen LogP contribution < -0.4 is 4.74 Å². The number of hydrogen-bond acceptors (Lipinski definition) is 4. The van der Waals surface area contributed by atoms with Gasteiger partial charge in [0.05, 0.1) is 5.56 Å². The van der Waals surface area contributed by atoms with Gasteiger partial charge in [-0.2, -0.15) is 5.26 Å². The van der Waals surface area contributed by atoms with Gasteiger partial charge in [-0.05, 0) is 42.7 Å². The van der Waals surface area contributed by atoms with Crippen LogP contribution >= 0.6 is 11.6 Å². The maximum Gasteiger partial charge on any atom is 0.139 e. The van der Waals surface area contributed by atoms with Gasteiger partial charge in [0.15, 0.2) is 0 Å². The lowest BCUT2D eigenvalue weighted by molar-refractivity contribution is 0.175. The van der Waals surface area contributed by atoms with Gasteiger partial charge in [0, 0.05) is 30.1 Å². The molecule has 1 heterocycles. The van der Waals surface area contributed by atoms with Crippen LogP contribution in [0.4, 0.5) is 0 Å². The molecule has 0 aliphatic heterocycles. The second-order valence-electron chi connectivity index (χ2n) is 4.51. The van der Waals surface area contributed by atoms with Gasteiger partial charge in [-0.15, -0.1) is 0 Å². The van der Waals surface area contributed by atoms with Gasteiger partial charge in [-0.1, -0.05) is 11.6 Å². The van der Waals surface area contributed by atoms with Crippen molar-refractivity contribution in [3.8, 4) is 11.8 Å². The third-order valence-electron chi connectivity index (χ3n) is 3.04. The minimum atomic E-state index is -0.259. The van der Waals surface area contributed by atoms with E-state index in [1.165, 1.54) is 0 Å². The fourth-order valence-corrected chi connectivity index (χ4v) is 2.15. The molecule has 0 spiro atoms. The van der Waals surface area contributed by atoms with Gasteiger partial charge >= 0.3 is 0 Å². The molecule has 2 aromatic rings. The van der Waals surface area contributed by atoms with Crippen LogP contribution in [0.1, 0.15) is 30.1 Å².